The summed E-state index contributed by atoms with van der Waals surface area (Å²) in [4.78, 5) is 15.8. The summed E-state index contributed by atoms with van der Waals surface area (Å²) >= 11 is 1.46. The van der Waals surface area contributed by atoms with Gasteiger partial charge in [0.1, 0.15) is 6.29 Å². The van der Waals surface area contributed by atoms with Gasteiger partial charge >= 0.3 is 0 Å². The minimum Gasteiger partial charge on any atom is -0.473 e. The van der Waals surface area contributed by atoms with Crippen molar-refractivity contribution in [1.29, 1.82) is 0 Å². The molecule has 0 unspecified atom stereocenters. The molecule has 12 heavy (non-hydrogen) atoms. The van der Waals surface area contributed by atoms with Gasteiger partial charge in [-0.3, -0.25) is 0 Å². The van der Waals surface area contributed by atoms with Gasteiger partial charge in [0.05, 0.1) is 12.5 Å². The number of hydrogen-bond acceptors (Lipinski definition) is 4. The molecule has 1 aliphatic rings. The molecule has 1 saturated carbocycles. The van der Waals surface area contributed by atoms with Crippen LogP contribution in [-0.4, -0.2) is 18.4 Å². The number of carbonyl (C=O) groups excluding carboxylic acids is 1. The van der Waals surface area contributed by atoms with E-state index in [9.17, 15) is 4.79 Å². The lowest BCUT2D eigenvalue weighted by Crippen LogP contribution is -2.04. The highest BCUT2D eigenvalue weighted by Gasteiger charge is 2.46. The fourth-order valence-electron chi connectivity index (χ4n) is 1.14. The second-order valence-corrected chi connectivity index (χ2v) is 3.96. The zero-order valence-electron chi connectivity index (χ0n) is 6.74. The molecule has 0 aliphatic heterocycles. The number of nitrogens with zero attached hydrogens (tertiary/aromatic N) is 1. The second kappa shape index (κ2) is 2.55. The van der Waals surface area contributed by atoms with Gasteiger partial charge in [0, 0.05) is 11.1 Å². The summed E-state index contributed by atoms with van der Waals surface area (Å²) in [5.74, 6) is 0. The van der Waals surface area contributed by atoms with Crippen LogP contribution in [0.4, 0.5) is 0 Å². The minimum absolute atomic E-state index is 0.200. The molecule has 0 atom stereocenters. The topological polar surface area (TPSA) is 39.2 Å². The number of carbonyl (C=O) groups is 1. The van der Waals surface area contributed by atoms with E-state index in [4.69, 9.17) is 4.74 Å². The molecular weight excluding hydrogens is 174 g/mol. The van der Waals surface area contributed by atoms with E-state index in [1.54, 1.807) is 13.3 Å². The fourth-order valence-corrected chi connectivity index (χ4v) is 2.08. The quantitative estimate of drug-likeness (QED) is 0.664. The Labute approximate surface area is 74.4 Å². The molecule has 1 aliphatic carbocycles. The van der Waals surface area contributed by atoms with E-state index in [-0.39, 0.29) is 5.41 Å². The van der Waals surface area contributed by atoms with Crippen LogP contribution in [0.3, 0.4) is 0 Å². The third kappa shape index (κ3) is 1.03. The lowest BCUT2D eigenvalue weighted by atomic mass is 10.1. The monoisotopic (exact) mass is 183 g/mol. The maximum Gasteiger partial charge on any atom is 0.273 e. The van der Waals surface area contributed by atoms with Crippen molar-refractivity contribution >= 4 is 17.6 Å². The average molecular weight is 183 g/mol. The number of aldehydes is 1. The molecule has 64 valence electrons. The molecule has 1 fully saturated rings. The lowest BCUT2D eigenvalue weighted by molar-refractivity contribution is -0.109. The van der Waals surface area contributed by atoms with Crippen molar-refractivity contribution < 1.29 is 9.53 Å². The van der Waals surface area contributed by atoms with Crippen molar-refractivity contribution in [1.82, 2.24) is 4.98 Å². The van der Waals surface area contributed by atoms with Gasteiger partial charge in [0.2, 0.25) is 0 Å². The fraction of sp³-hybridized carbons (Fsp3) is 0.500. The van der Waals surface area contributed by atoms with Gasteiger partial charge < -0.3 is 9.53 Å². The Balaban J connectivity index is 2.28. The summed E-state index contributed by atoms with van der Waals surface area (Å²) < 4.78 is 4.95. The van der Waals surface area contributed by atoms with E-state index >= 15 is 0 Å². The Hall–Kier alpha value is -0.900. The van der Waals surface area contributed by atoms with Crippen LogP contribution in [-0.2, 0) is 10.2 Å². The van der Waals surface area contributed by atoms with E-state index in [1.165, 1.54) is 11.3 Å². The molecule has 0 aromatic carbocycles. The molecule has 1 aromatic heterocycles. The molecule has 1 heterocycles. The Kier molecular flexibility index (Phi) is 1.65. The molecule has 0 radical (unpaired) electrons. The molecule has 0 spiro atoms. The van der Waals surface area contributed by atoms with E-state index in [0.29, 0.717) is 5.19 Å². The van der Waals surface area contributed by atoms with Crippen LogP contribution in [0, 0.1) is 0 Å². The van der Waals surface area contributed by atoms with Crippen LogP contribution in [0.25, 0.3) is 0 Å². The zero-order valence-corrected chi connectivity index (χ0v) is 7.56. The summed E-state index contributed by atoms with van der Waals surface area (Å²) in [5.41, 5.74) is -0.200. The van der Waals surface area contributed by atoms with Crippen LogP contribution in [0.15, 0.2) is 6.20 Å². The van der Waals surface area contributed by atoms with Gasteiger partial charge in [-0.25, -0.2) is 4.98 Å². The first-order valence-corrected chi connectivity index (χ1v) is 4.59. The highest BCUT2D eigenvalue weighted by molar-refractivity contribution is 7.13. The van der Waals surface area contributed by atoms with Crippen molar-refractivity contribution in [3.63, 3.8) is 0 Å². The van der Waals surface area contributed by atoms with Crippen LogP contribution in [0.5, 0.6) is 5.19 Å². The smallest absolute Gasteiger partial charge is 0.273 e. The Morgan fingerprint density at radius 2 is 2.50 bits per heavy atom. The van der Waals surface area contributed by atoms with Gasteiger partial charge in [-0.1, -0.05) is 11.3 Å². The van der Waals surface area contributed by atoms with Crippen molar-refractivity contribution in [2.24, 2.45) is 0 Å². The number of hydrogen-bond donors (Lipinski definition) is 0. The SMILES string of the molecule is COc1ncc(C2(C=O)CC2)s1. The van der Waals surface area contributed by atoms with Gasteiger partial charge in [-0.05, 0) is 12.8 Å². The lowest BCUT2D eigenvalue weighted by Gasteiger charge is -1.98. The molecule has 1 aromatic rings. The van der Waals surface area contributed by atoms with Crippen LogP contribution >= 0.6 is 11.3 Å². The predicted octanol–water partition coefficient (Wildman–Crippen LogP) is 1.38. The number of thiazole rings is 1. The van der Waals surface area contributed by atoms with Crippen molar-refractivity contribution in [2.45, 2.75) is 18.3 Å². The van der Waals surface area contributed by atoms with E-state index in [0.717, 1.165) is 24.0 Å². The summed E-state index contributed by atoms with van der Waals surface area (Å²) in [7, 11) is 1.59. The molecule has 3 nitrogen and oxygen atoms in total. The van der Waals surface area contributed by atoms with E-state index in [1.807, 2.05) is 0 Å². The second-order valence-electron chi connectivity index (χ2n) is 2.97. The largest absolute Gasteiger partial charge is 0.473 e. The average Bonchev–Trinajstić information content (AvgIpc) is 2.77. The van der Waals surface area contributed by atoms with Crippen molar-refractivity contribution in [2.75, 3.05) is 7.11 Å². The maximum atomic E-state index is 10.7. The van der Waals surface area contributed by atoms with Crippen LogP contribution in [0.1, 0.15) is 17.7 Å². The predicted molar refractivity (Wildman–Crippen MR) is 45.6 cm³/mol. The minimum atomic E-state index is -0.200. The van der Waals surface area contributed by atoms with Crippen molar-refractivity contribution in [3.8, 4) is 5.19 Å². The Morgan fingerprint density at radius 3 is 2.92 bits per heavy atom. The van der Waals surface area contributed by atoms with Gasteiger partial charge in [0.25, 0.3) is 5.19 Å². The first-order valence-electron chi connectivity index (χ1n) is 3.77. The van der Waals surface area contributed by atoms with Gasteiger partial charge in [0.15, 0.2) is 0 Å². The number of aromatic nitrogens is 1. The summed E-state index contributed by atoms with van der Waals surface area (Å²) in [5, 5.41) is 0.637. The maximum absolute atomic E-state index is 10.7. The van der Waals surface area contributed by atoms with E-state index < -0.39 is 0 Å². The molecule has 0 amide bonds. The molecule has 4 heteroatoms. The first-order chi connectivity index (χ1) is 5.80. The molecule has 0 saturated heterocycles. The highest BCUT2D eigenvalue weighted by Crippen LogP contribution is 2.49. The van der Waals surface area contributed by atoms with Gasteiger partial charge in [-0.2, -0.15) is 0 Å². The van der Waals surface area contributed by atoms with Crippen LogP contribution in [0.2, 0.25) is 0 Å². The van der Waals surface area contributed by atoms with Gasteiger partial charge in [-0.15, -0.1) is 0 Å². The van der Waals surface area contributed by atoms with Crippen molar-refractivity contribution in [3.05, 3.63) is 11.1 Å². The summed E-state index contributed by atoms with van der Waals surface area (Å²) in [6.45, 7) is 0. The summed E-state index contributed by atoms with van der Waals surface area (Å²) in [6, 6.07) is 0. The third-order valence-corrected chi connectivity index (χ3v) is 3.34. The zero-order chi connectivity index (χ0) is 8.60. The summed E-state index contributed by atoms with van der Waals surface area (Å²) in [6.07, 6.45) is 4.69. The number of rotatable bonds is 3. The molecule has 0 bridgehead atoms. The molecule has 0 N–H and O–H groups in total. The number of methoxy groups -OCH3 is 1. The van der Waals surface area contributed by atoms with E-state index in [2.05, 4.69) is 4.98 Å². The molecular formula is C8H9NO2S. The first kappa shape index (κ1) is 7.73. The normalized spacial score (nSPS) is 18.8. The third-order valence-electron chi connectivity index (χ3n) is 2.16. The number of ether oxygens (including phenoxy) is 1. The Morgan fingerprint density at radius 1 is 1.75 bits per heavy atom. The highest BCUT2D eigenvalue weighted by atomic mass is 32.1. The molecule has 2 rings (SSSR count). The van der Waals surface area contributed by atoms with Crippen LogP contribution < -0.4 is 4.74 Å². The standard InChI is InChI=1S/C8H9NO2S/c1-11-7-9-4-6(12-7)8(5-10)2-3-8/h4-5H,2-3H2,1H3. The Bertz CT molecular complexity index is 304.